The highest BCUT2D eigenvalue weighted by molar-refractivity contribution is 5.52. The van der Waals surface area contributed by atoms with Gasteiger partial charge in [-0.1, -0.05) is 12.8 Å². The van der Waals surface area contributed by atoms with E-state index in [1.165, 1.54) is 31.7 Å². The molecule has 1 fully saturated rings. The van der Waals surface area contributed by atoms with Gasteiger partial charge in [0.1, 0.15) is 0 Å². The average molecular weight is 252 g/mol. The van der Waals surface area contributed by atoms with E-state index in [1.54, 1.807) is 6.07 Å². The van der Waals surface area contributed by atoms with Crippen molar-refractivity contribution in [3.8, 4) is 0 Å². The summed E-state index contributed by atoms with van der Waals surface area (Å²) in [5, 5.41) is 13.9. The first kappa shape index (κ1) is 12.8. The van der Waals surface area contributed by atoms with Crippen LogP contribution in [0.25, 0.3) is 0 Å². The van der Waals surface area contributed by atoms with Gasteiger partial charge in [0, 0.05) is 17.8 Å². The molecule has 1 aliphatic rings. The van der Waals surface area contributed by atoms with Gasteiger partial charge in [-0.15, -0.1) is 0 Å². The molecule has 1 aromatic rings. The number of hydrogen-bond acceptors (Lipinski definition) is 3. The molecule has 1 atom stereocenters. The molecule has 18 heavy (non-hydrogen) atoms. The Morgan fingerprint density at radius 1 is 1.44 bits per heavy atom. The Kier molecular flexibility index (Phi) is 3.79. The van der Waals surface area contributed by atoms with Crippen LogP contribution in [-0.2, 0) is 0 Å². The Morgan fingerprint density at radius 2 is 2.11 bits per heavy atom. The third kappa shape index (κ3) is 2.78. The normalized spacial score (nSPS) is 17.7. The number of nitro groups is 1. The fourth-order valence-corrected chi connectivity index (χ4v) is 2.58. The Hall–Kier alpha value is -1.65. The number of hydrogen-bond donors (Lipinski definition) is 1. The lowest BCUT2D eigenvalue weighted by Crippen LogP contribution is -2.23. The first-order valence-electron chi connectivity index (χ1n) is 6.28. The van der Waals surface area contributed by atoms with Crippen LogP contribution in [0.5, 0.6) is 0 Å². The molecule has 1 aliphatic carbocycles. The van der Waals surface area contributed by atoms with Crippen molar-refractivity contribution in [3.63, 3.8) is 0 Å². The number of benzene rings is 1. The molecule has 0 heterocycles. The highest BCUT2D eigenvalue weighted by Gasteiger charge is 2.22. The highest BCUT2D eigenvalue weighted by atomic mass is 19.1. The fourth-order valence-electron chi connectivity index (χ4n) is 2.58. The van der Waals surface area contributed by atoms with Crippen LogP contribution < -0.4 is 5.32 Å². The van der Waals surface area contributed by atoms with Crippen molar-refractivity contribution in [2.24, 2.45) is 5.92 Å². The van der Waals surface area contributed by atoms with E-state index in [2.05, 4.69) is 12.2 Å². The SMILES string of the molecule is CC(Nc1ccc(F)c([N+](=O)[O-])c1)C1CCCC1. The minimum atomic E-state index is -0.793. The van der Waals surface area contributed by atoms with Gasteiger partial charge in [-0.2, -0.15) is 4.39 Å². The lowest BCUT2D eigenvalue weighted by molar-refractivity contribution is -0.387. The van der Waals surface area contributed by atoms with Gasteiger partial charge in [-0.25, -0.2) is 0 Å². The molecule has 0 bridgehead atoms. The molecule has 0 aliphatic heterocycles. The smallest absolute Gasteiger partial charge is 0.306 e. The summed E-state index contributed by atoms with van der Waals surface area (Å²) in [4.78, 5) is 9.96. The van der Waals surface area contributed by atoms with Crippen molar-refractivity contribution in [1.82, 2.24) is 0 Å². The van der Waals surface area contributed by atoms with E-state index in [0.717, 1.165) is 6.07 Å². The summed E-state index contributed by atoms with van der Waals surface area (Å²) in [7, 11) is 0. The monoisotopic (exact) mass is 252 g/mol. The molecule has 1 unspecified atom stereocenters. The summed E-state index contributed by atoms with van der Waals surface area (Å²) < 4.78 is 13.2. The number of nitrogens with zero attached hydrogens (tertiary/aromatic N) is 1. The minimum Gasteiger partial charge on any atom is -0.382 e. The molecule has 0 saturated heterocycles. The lowest BCUT2D eigenvalue weighted by atomic mass is 9.99. The molecular weight excluding hydrogens is 235 g/mol. The molecule has 4 nitrogen and oxygen atoms in total. The topological polar surface area (TPSA) is 55.2 Å². The predicted octanol–water partition coefficient (Wildman–Crippen LogP) is 3.72. The van der Waals surface area contributed by atoms with Crippen LogP contribution in [0.3, 0.4) is 0 Å². The van der Waals surface area contributed by atoms with Crippen LogP contribution in [-0.4, -0.2) is 11.0 Å². The van der Waals surface area contributed by atoms with Crippen molar-refractivity contribution in [1.29, 1.82) is 0 Å². The van der Waals surface area contributed by atoms with Crippen LogP contribution in [0, 0.1) is 21.8 Å². The lowest BCUT2D eigenvalue weighted by Gasteiger charge is -2.21. The minimum absolute atomic E-state index is 0.262. The molecule has 5 heteroatoms. The number of anilines is 1. The van der Waals surface area contributed by atoms with Crippen LogP contribution in [0.2, 0.25) is 0 Å². The fraction of sp³-hybridized carbons (Fsp3) is 0.538. The Morgan fingerprint density at radius 3 is 2.72 bits per heavy atom. The zero-order chi connectivity index (χ0) is 13.1. The van der Waals surface area contributed by atoms with E-state index in [4.69, 9.17) is 0 Å². The van der Waals surface area contributed by atoms with Crippen LogP contribution >= 0.6 is 0 Å². The second-order valence-corrected chi connectivity index (χ2v) is 4.90. The van der Waals surface area contributed by atoms with E-state index >= 15 is 0 Å². The van der Waals surface area contributed by atoms with Crippen molar-refractivity contribution < 1.29 is 9.31 Å². The summed E-state index contributed by atoms with van der Waals surface area (Å²) in [6.07, 6.45) is 4.88. The predicted molar refractivity (Wildman–Crippen MR) is 68.1 cm³/mol. The maximum atomic E-state index is 13.2. The van der Waals surface area contributed by atoms with E-state index in [-0.39, 0.29) is 6.04 Å². The van der Waals surface area contributed by atoms with Crippen molar-refractivity contribution in [2.75, 3.05) is 5.32 Å². The van der Waals surface area contributed by atoms with E-state index in [1.807, 2.05) is 0 Å². The molecule has 1 saturated carbocycles. The van der Waals surface area contributed by atoms with Gasteiger partial charge in [-0.05, 0) is 37.8 Å². The van der Waals surface area contributed by atoms with E-state index in [9.17, 15) is 14.5 Å². The maximum Gasteiger partial charge on any atom is 0.306 e. The molecular formula is C13H17FN2O2. The largest absolute Gasteiger partial charge is 0.382 e. The zero-order valence-electron chi connectivity index (χ0n) is 10.4. The summed E-state index contributed by atoms with van der Waals surface area (Å²) in [5.74, 6) is -0.187. The molecule has 0 amide bonds. The molecule has 0 spiro atoms. The highest BCUT2D eigenvalue weighted by Crippen LogP contribution is 2.30. The van der Waals surface area contributed by atoms with Gasteiger partial charge in [0.25, 0.3) is 0 Å². The van der Waals surface area contributed by atoms with Gasteiger partial charge in [0.15, 0.2) is 0 Å². The second kappa shape index (κ2) is 5.33. The molecule has 98 valence electrons. The third-order valence-corrected chi connectivity index (χ3v) is 3.64. The quantitative estimate of drug-likeness (QED) is 0.656. The number of halogens is 1. The summed E-state index contributed by atoms with van der Waals surface area (Å²) in [6, 6.07) is 4.22. The first-order chi connectivity index (χ1) is 8.58. The Balaban J connectivity index is 2.09. The van der Waals surface area contributed by atoms with Gasteiger partial charge < -0.3 is 5.32 Å². The zero-order valence-corrected chi connectivity index (χ0v) is 10.4. The summed E-state index contributed by atoms with van der Waals surface area (Å²) >= 11 is 0. The van der Waals surface area contributed by atoms with Gasteiger partial charge >= 0.3 is 5.69 Å². The first-order valence-corrected chi connectivity index (χ1v) is 6.28. The Labute approximate surface area is 105 Å². The van der Waals surface area contributed by atoms with E-state index in [0.29, 0.717) is 11.6 Å². The number of nitro benzene ring substituents is 1. The molecule has 1 aromatic carbocycles. The second-order valence-electron chi connectivity index (χ2n) is 4.90. The van der Waals surface area contributed by atoms with E-state index < -0.39 is 16.4 Å². The molecule has 2 rings (SSSR count). The van der Waals surface area contributed by atoms with Crippen molar-refractivity contribution in [3.05, 3.63) is 34.1 Å². The maximum absolute atomic E-state index is 13.2. The average Bonchev–Trinajstić information content (AvgIpc) is 2.85. The molecule has 0 radical (unpaired) electrons. The molecule has 0 aromatic heterocycles. The number of nitrogens with one attached hydrogen (secondary N) is 1. The van der Waals surface area contributed by atoms with Crippen molar-refractivity contribution >= 4 is 11.4 Å². The number of rotatable bonds is 4. The third-order valence-electron chi connectivity index (χ3n) is 3.64. The van der Waals surface area contributed by atoms with Crippen LogP contribution in [0.15, 0.2) is 18.2 Å². The van der Waals surface area contributed by atoms with Gasteiger partial charge in [-0.3, -0.25) is 10.1 Å². The standard InChI is InChI=1S/C13H17FN2O2/c1-9(10-4-2-3-5-10)15-11-6-7-12(14)13(8-11)16(17)18/h6-10,15H,2-5H2,1H3. The Bertz CT molecular complexity index is 445. The molecule has 1 N–H and O–H groups in total. The van der Waals surface area contributed by atoms with Crippen LogP contribution in [0.4, 0.5) is 15.8 Å². The van der Waals surface area contributed by atoms with Gasteiger partial charge in [0.2, 0.25) is 5.82 Å². The van der Waals surface area contributed by atoms with Crippen LogP contribution in [0.1, 0.15) is 32.6 Å². The van der Waals surface area contributed by atoms with Crippen molar-refractivity contribution in [2.45, 2.75) is 38.6 Å². The summed E-state index contributed by atoms with van der Waals surface area (Å²) in [6.45, 7) is 2.07. The summed E-state index contributed by atoms with van der Waals surface area (Å²) in [5.41, 5.74) is 0.140. The van der Waals surface area contributed by atoms with Gasteiger partial charge in [0.05, 0.1) is 4.92 Å².